The third kappa shape index (κ3) is 2.19. The summed E-state index contributed by atoms with van der Waals surface area (Å²) in [6.45, 7) is 2.05. The van der Waals surface area contributed by atoms with Crippen LogP contribution in [0.3, 0.4) is 0 Å². The van der Waals surface area contributed by atoms with Gasteiger partial charge in [0.2, 0.25) is 0 Å². The summed E-state index contributed by atoms with van der Waals surface area (Å²) in [5, 5.41) is 14.6. The van der Waals surface area contributed by atoms with Crippen LogP contribution in [0, 0.1) is 16.7 Å². The molecule has 0 radical (unpaired) electrons. The Labute approximate surface area is 107 Å². The van der Waals surface area contributed by atoms with Crippen LogP contribution in [0.2, 0.25) is 5.02 Å². The van der Waals surface area contributed by atoms with E-state index in [9.17, 15) is 5.26 Å². The lowest BCUT2D eigenvalue weighted by Crippen LogP contribution is -2.19. The molecule has 0 saturated heterocycles. The second-order valence-corrected chi connectivity index (χ2v) is 5.34. The summed E-state index contributed by atoms with van der Waals surface area (Å²) in [4.78, 5) is 0. The van der Waals surface area contributed by atoms with E-state index < -0.39 is 0 Å². The van der Waals surface area contributed by atoms with Crippen molar-refractivity contribution >= 4 is 11.6 Å². The van der Waals surface area contributed by atoms with Crippen LogP contribution in [0.4, 0.5) is 0 Å². The van der Waals surface area contributed by atoms with Gasteiger partial charge in [-0.2, -0.15) is 10.4 Å². The van der Waals surface area contributed by atoms with Crippen molar-refractivity contribution in [2.75, 3.05) is 0 Å². The lowest BCUT2D eigenvalue weighted by molar-refractivity contribution is 0.395. The van der Waals surface area contributed by atoms with Gasteiger partial charge in [0, 0.05) is 13.5 Å². The van der Waals surface area contributed by atoms with Gasteiger partial charge in [-0.1, -0.05) is 31.4 Å². The third-order valence-electron chi connectivity index (χ3n) is 3.81. The van der Waals surface area contributed by atoms with Crippen molar-refractivity contribution in [3.63, 3.8) is 0 Å². The molecular weight excluding hydrogens is 234 g/mol. The highest BCUT2D eigenvalue weighted by atomic mass is 35.5. The highest BCUT2D eigenvalue weighted by Crippen LogP contribution is 2.41. The fraction of sp³-hybridized carbons (Fsp3) is 0.692. The van der Waals surface area contributed by atoms with Gasteiger partial charge in [0.25, 0.3) is 0 Å². The molecule has 0 amide bonds. The van der Waals surface area contributed by atoms with Crippen molar-refractivity contribution in [1.82, 2.24) is 9.78 Å². The molecule has 2 rings (SSSR count). The second-order valence-electron chi connectivity index (χ2n) is 4.96. The maximum absolute atomic E-state index is 9.40. The first-order valence-corrected chi connectivity index (χ1v) is 6.61. The summed E-state index contributed by atoms with van der Waals surface area (Å²) in [6.07, 6.45) is 5.88. The van der Waals surface area contributed by atoms with Crippen molar-refractivity contribution in [2.45, 2.75) is 45.4 Å². The Hall–Kier alpha value is -1.01. The molecule has 0 aliphatic heterocycles. The number of aromatic nitrogens is 2. The normalized spacial score (nSPS) is 18.2. The predicted octanol–water partition coefficient (Wildman–Crippen LogP) is 3.26. The molecule has 1 aromatic rings. The first-order chi connectivity index (χ1) is 8.12. The quantitative estimate of drug-likeness (QED) is 0.827. The van der Waals surface area contributed by atoms with Crippen LogP contribution in [0.15, 0.2) is 0 Å². The zero-order valence-electron chi connectivity index (χ0n) is 10.5. The second kappa shape index (κ2) is 4.70. The Morgan fingerprint density at radius 3 is 2.59 bits per heavy atom. The van der Waals surface area contributed by atoms with Gasteiger partial charge in [-0.05, 0) is 19.3 Å². The van der Waals surface area contributed by atoms with Gasteiger partial charge < -0.3 is 0 Å². The average molecular weight is 252 g/mol. The van der Waals surface area contributed by atoms with Gasteiger partial charge in [0.05, 0.1) is 27.9 Å². The van der Waals surface area contributed by atoms with Crippen molar-refractivity contribution in [3.05, 3.63) is 16.4 Å². The maximum atomic E-state index is 9.40. The molecule has 4 heteroatoms. The molecule has 0 bridgehead atoms. The number of hydrogen-bond acceptors (Lipinski definition) is 2. The molecule has 0 aromatic carbocycles. The molecule has 1 aliphatic carbocycles. The van der Waals surface area contributed by atoms with Crippen LogP contribution in [-0.2, 0) is 19.9 Å². The van der Waals surface area contributed by atoms with Gasteiger partial charge in [-0.25, -0.2) is 0 Å². The van der Waals surface area contributed by atoms with Gasteiger partial charge >= 0.3 is 0 Å². The molecule has 0 unspecified atom stereocenters. The number of hydrogen-bond donors (Lipinski definition) is 0. The summed E-state index contributed by atoms with van der Waals surface area (Å²) >= 11 is 6.33. The molecule has 1 saturated carbocycles. The standard InChI is InChI=1S/C13H18ClN3/c1-3-10-12(14)11(17(2)16-10)8-13(9-15)6-4-5-7-13/h3-8H2,1-2H3. The van der Waals surface area contributed by atoms with Crippen LogP contribution in [0.5, 0.6) is 0 Å². The largest absolute Gasteiger partial charge is 0.271 e. The Kier molecular flexibility index (Phi) is 3.44. The van der Waals surface area contributed by atoms with E-state index in [0.29, 0.717) is 0 Å². The van der Waals surface area contributed by atoms with E-state index in [1.807, 2.05) is 18.7 Å². The Morgan fingerprint density at radius 1 is 1.47 bits per heavy atom. The lowest BCUT2D eigenvalue weighted by Gasteiger charge is -2.20. The number of aryl methyl sites for hydroxylation is 2. The minimum Gasteiger partial charge on any atom is -0.271 e. The zero-order valence-corrected chi connectivity index (χ0v) is 11.2. The zero-order chi connectivity index (χ0) is 12.5. The summed E-state index contributed by atoms with van der Waals surface area (Å²) < 4.78 is 1.85. The van der Waals surface area contributed by atoms with Gasteiger partial charge in [0.1, 0.15) is 0 Å². The Bertz CT molecular complexity index is 450. The molecule has 0 atom stereocenters. The Balaban J connectivity index is 2.30. The van der Waals surface area contributed by atoms with Crippen molar-refractivity contribution < 1.29 is 0 Å². The number of rotatable bonds is 3. The van der Waals surface area contributed by atoms with Gasteiger partial charge in [0.15, 0.2) is 0 Å². The topological polar surface area (TPSA) is 41.6 Å². The first-order valence-electron chi connectivity index (χ1n) is 6.23. The highest BCUT2D eigenvalue weighted by molar-refractivity contribution is 6.31. The molecule has 17 heavy (non-hydrogen) atoms. The van der Waals surface area contributed by atoms with E-state index in [1.165, 1.54) is 0 Å². The van der Waals surface area contributed by atoms with Crippen molar-refractivity contribution in [3.8, 4) is 6.07 Å². The lowest BCUT2D eigenvalue weighted by atomic mass is 9.83. The van der Waals surface area contributed by atoms with Crippen LogP contribution in [-0.4, -0.2) is 9.78 Å². The molecule has 1 fully saturated rings. The Morgan fingerprint density at radius 2 is 2.12 bits per heavy atom. The molecule has 0 spiro atoms. The minimum atomic E-state index is -0.206. The van der Waals surface area contributed by atoms with E-state index in [4.69, 9.17) is 11.6 Å². The number of halogens is 1. The summed E-state index contributed by atoms with van der Waals surface area (Å²) in [5.74, 6) is 0. The molecule has 92 valence electrons. The van der Waals surface area contributed by atoms with E-state index in [0.717, 1.165) is 54.9 Å². The summed E-state index contributed by atoms with van der Waals surface area (Å²) in [7, 11) is 1.92. The SMILES string of the molecule is CCc1nn(C)c(CC2(C#N)CCCC2)c1Cl. The van der Waals surface area contributed by atoms with E-state index in [-0.39, 0.29) is 5.41 Å². The minimum absolute atomic E-state index is 0.206. The molecule has 0 N–H and O–H groups in total. The number of nitriles is 1. The fourth-order valence-electron chi connectivity index (χ4n) is 2.71. The monoisotopic (exact) mass is 251 g/mol. The van der Waals surface area contributed by atoms with E-state index in [2.05, 4.69) is 11.2 Å². The van der Waals surface area contributed by atoms with Crippen molar-refractivity contribution in [1.29, 1.82) is 5.26 Å². The van der Waals surface area contributed by atoms with Gasteiger partial charge in [-0.15, -0.1) is 0 Å². The predicted molar refractivity (Wildman–Crippen MR) is 67.8 cm³/mol. The molecular formula is C13H18ClN3. The highest BCUT2D eigenvalue weighted by Gasteiger charge is 2.36. The smallest absolute Gasteiger partial charge is 0.0850 e. The van der Waals surface area contributed by atoms with Crippen LogP contribution >= 0.6 is 11.6 Å². The molecule has 1 aromatic heterocycles. The summed E-state index contributed by atoms with van der Waals surface area (Å²) in [6, 6.07) is 2.51. The maximum Gasteiger partial charge on any atom is 0.0850 e. The van der Waals surface area contributed by atoms with E-state index >= 15 is 0 Å². The number of nitrogens with zero attached hydrogens (tertiary/aromatic N) is 3. The van der Waals surface area contributed by atoms with Gasteiger partial charge in [-0.3, -0.25) is 4.68 Å². The van der Waals surface area contributed by atoms with Crippen LogP contribution in [0.1, 0.15) is 44.0 Å². The average Bonchev–Trinajstić information content (AvgIpc) is 2.90. The van der Waals surface area contributed by atoms with Crippen LogP contribution < -0.4 is 0 Å². The molecule has 1 heterocycles. The van der Waals surface area contributed by atoms with E-state index in [1.54, 1.807) is 0 Å². The van der Waals surface area contributed by atoms with Crippen molar-refractivity contribution in [2.24, 2.45) is 12.5 Å². The molecule has 3 nitrogen and oxygen atoms in total. The van der Waals surface area contributed by atoms with Crippen LogP contribution in [0.25, 0.3) is 0 Å². The fourth-order valence-corrected chi connectivity index (χ4v) is 3.07. The molecule has 1 aliphatic rings. The summed E-state index contributed by atoms with van der Waals surface area (Å²) in [5.41, 5.74) is 1.75. The first kappa shape index (κ1) is 12.4. The third-order valence-corrected chi connectivity index (χ3v) is 4.24.